The molecule has 0 saturated heterocycles. The van der Waals surface area contributed by atoms with Gasteiger partial charge in [0.05, 0.1) is 0 Å². The van der Waals surface area contributed by atoms with Crippen molar-refractivity contribution in [3.05, 3.63) is 23.8 Å². The van der Waals surface area contributed by atoms with Crippen LogP contribution in [0.3, 0.4) is 0 Å². The Morgan fingerprint density at radius 1 is 1.37 bits per heavy atom. The topological polar surface area (TPSA) is 67.2 Å². The van der Waals surface area contributed by atoms with Crippen LogP contribution in [0.15, 0.2) is 28.3 Å². The average molecular weight is 260 g/mol. The van der Waals surface area contributed by atoms with Crippen molar-refractivity contribution in [2.45, 2.75) is 12.8 Å². The summed E-state index contributed by atoms with van der Waals surface area (Å²) >= 11 is 0. The molecule has 6 nitrogen and oxygen atoms in total. The van der Waals surface area contributed by atoms with E-state index in [1.807, 2.05) is 24.4 Å². The number of hydrogen-bond donors (Lipinski definition) is 2. The molecule has 100 valence electrons. The van der Waals surface area contributed by atoms with Gasteiger partial charge in [0.25, 0.3) is 0 Å². The van der Waals surface area contributed by atoms with Gasteiger partial charge in [-0.15, -0.1) is 0 Å². The van der Waals surface area contributed by atoms with E-state index < -0.39 is 0 Å². The third-order valence-electron chi connectivity index (χ3n) is 2.92. The van der Waals surface area contributed by atoms with Gasteiger partial charge in [0.2, 0.25) is 12.8 Å². The van der Waals surface area contributed by atoms with E-state index in [2.05, 4.69) is 20.8 Å². The summed E-state index contributed by atoms with van der Waals surface area (Å²) in [4.78, 5) is 4.27. The number of hydrogen-bond acceptors (Lipinski definition) is 6. The SMILES string of the molecule is C(/Cc1ccc2c(c1)OCO2)=N\NC1=NCCCN1. The maximum Gasteiger partial charge on any atom is 0.231 e. The molecule has 0 unspecified atom stereocenters. The van der Waals surface area contributed by atoms with Gasteiger partial charge in [0, 0.05) is 25.7 Å². The zero-order chi connectivity index (χ0) is 12.9. The first-order valence-corrected chi connectivity index (χ1v) is 6.36. The van der Waals surface area contributed by atoms with Gasteiger partial charge in [-0.3, -0.25) is 4.99 Å². The van der Waals surface area contributed by atoms with Gasteiger partial charge in [-0.1, -0.05) is 6.07 Å². The van der Waals surface area contributed by atoms with Crippen molar-refractivity contribution >= 4 is 12.2 Å². The van der Waals surface area contributed by atoms with Crippen LogP contribution in [0.2, 0.25) is 0 Å². The first-order chi connectivity index (χ1) is 9.42. The van der Waals surface area contributed by atoms with Gasteiger partial charge >= 0.3 is 0 Å². The van der Waals surface area contributed by atoms with Crippen molar-refractivity contribution in [3.8, 4) is 11.5 Å². The van der Waals surface area contributed by atoms with E-state index in [-0.39, 0.29) is 0 Å². The fourth-order valence-electron chi connectivity index (χ4n) is 1.93. The number of aliphatic imine (C=N–C) groups is 1. The molecule has 2 aliphatic rings. The molecule has 0 saturated carbocycles. The van der Waals surface area contributed by atoms with Crippen LogP contribution in [-0.2, 0) is 6.42 Å². The Kier molecular flexibility index (Phi) is 3.49. The van der Waals surface area contributed by atoms with Crippen LogP contribution in [-0.4, -0.2) is 32.1 Å². The van der Waals surface area contributed by atoms with Gasteiger partial charge in [-0.05, 0) is 24.1 Å². The number of nitrogens with zero attached hydrogens (tertiary/aromatic N) is 2. The van der Waals surface area contributed by atoms with Gasteiger partial charge in [0.15, 0.2) is 11.5 Å². The number of hydrazone groups is 1. The van der Waals surface area contributed by atoms with Crippen molar-refractivity contribution in [2.75, 3.05) is 19.9 Å². The van der Waals surface area contributed by atoms with E-state index in [1.165, 1.54) is 0 Å². The number of fused-ring (bicyclic) bond motifs is 1. The summed E-state index contributed by atoms with van der Waals surface area (Å²) in [5.41, 5.74) is 4.03. The van der Waals surface area contributed by atoms with Crippen LogP contribution in [0.4, 0.5) is 0 Å². The smallest absolute Gasteiger partial charge is 0.231 e. The zero-order valence-corrected chi connectivity index (χ0v) is 10.6. The van der Waals surface area contributed by atoms with Crippen molar-refractivity contribution < 1.29 is 9.47 Å². The predicted molar refractivity (Wildman–Crippen MR) is 72.8 cm³/mol. The Morgan fingerprint density at radius 3 is 3.21 bits per heavy atom. The minimum absolute atomic E-state index is 0.305. The quantitative estimate of drug-likeness (QED) is 0.625. The van der Waals surface area contributed by atoms with Crippen LogP contribution >= 0.6 is 0 Å². The summed E-state index contributed by atoms with van der Waals surface area (Å²) in [5, 5.41) is 7.28. The van der Waals surface area contributed by atoms with Crippen molar-refractivity contribution in [1.29, 1.82) is 0 Å². The third-order valence-corrected chi connectivity index (χ3v) is 2.92. The highest BCUT2D eigenvalue weighted by molar-refractivity contribution is 5.80. The minimum Gasteiger partial charge on any atom is -0.454 e. The van der Waals surface area contributed by atoms with E-state index in [0.717, 1.165) is 49.0 Å². The second kappa shape index (κ2) is 5.60. The number of benzene rings is 1. The average Bonchev–Trinajstić information content (AvgIpc) is 2.92. The Hall–Kier alpha value is -2.24. The van der Waals surface area contributed by atoms with Gasteiger partial charge in [-0.2, -0.15) is 5.10 Å². The summed E-state index contributed by atoms with van der Waals surface area (Å²) in [5.74, 6) is 2.35. The lowest BCUT2D eigenvalue weighted by Gasteiger charge is -2.12. The number of ether oxygens (including phenoxy) is 2. The van der Waals surface area contributed by atoms with Crippen LogP contribution in [0.25, 0.3) is 0 Å². The lowest BCUT2D eigenvalue weighted by atomic mass is 10.1. The highest BCUT2D eigenvalue weighted by atomic mass is 16.7. The summed E-state index contributed by atoms with van der Waals surface area (Å²) < 4.78 is 10.6. The summed E-state index contributed by atoms with van der Waals surface area (Å²) in [6.07, 6.45) is 3.62. The molecule has 0 amide bonds. The zero-order valence-electron chi connectivity index (χ0n) is 10.6. The van der Waals surface area contributed by atoms with Crippen molar-refractivity contribution in [1.82, 2.24) is 10.7 Å². The van der Waals surface area contributed by atoms with E-state index >= 15 is 0 Å². The molecule has 2 heterocycles. The van der Waals surface area contributed by atoms with Gasteiger partial charge < -0.3 is 14.8 Å². The maximum atomic E-state index is 5.33. The molecule has 19 heavy (non-hydrogen) atoms. The molecule has 0 atom stereocenters. The molecule has 0 fully saturated rings. The summed E-state index contributed by atoms with van der Waals surface area (Å²) in [7, 11) is 0. The normalized spacial score (nSPS) is 17.2. The molecule has 1 aromatic rings. The van der Waals surface area contributed by atoms with E-state index in [4.69, 9.17) is 9.47 Å². The first kappa shape index (κ1) is 11.8. The number of rotatable bonds is 3. The van der Waals surface area contributed by atoms with Crippen molar-refractivity contribution in [2.24, 2.45) is 10.1 Å². The molecule has 2 aliphatic heterocycles. The monoisotopic (exact) mass is 260 g/mol. The highest BCUT2D eigenvalue weighted by Crippen LogP contribution is 2.32. The predicted octanol–water partition coefficient (Wildman–Crippen LogP) is 0.882. The molecule has 0 bridgehead atoms. The molecule has 0 aliphatic carbocycles. The Bertz CT molecular complexity index is 513. The number of guanidine groups is 1. The fourth-order valence-corrected chi connectivity index (χ4v) is 1.93. The molecule has 0 radical (unpaired) electrons. The standard InChI is InChI=1S/C13H16N4O2/c1-5-14-13(15-6-1)17-16-7-4-10-2-3-11-12(8-10)19-9-18-11/h2-3,7-8H,1,4-6,9H2,(H2,14,15,17)/b16-7+. The van der Waals surface area contributed by atoms with Gasteiger partial charge in [0.1, 0.15) is 0 Å². The molecule has 1 aromatic carbocycles. The van der Waals surface area contributed by atoms with Gasteiger partial charge in [-0.25, -0.2) is 5.43 Å². The Morgan fingerprint density at radius 2 is 2.32 bits per heavy atom. The van der Waals surface area contributed by atoms with Crippen LogP contribution in [0.1, 0.15) is 12.0 Å². The van der Waals surface area contributed by atoms with Crippen LogP contribution in [0, 0.1) is 0 Å². The highest BCUT2D eigenvalue weighted by Gasteiger charge is 2.12. The second-order valence-corrected chi connectivity index (χ2v) is 4.33. The lowest BCUT2D eigenvalue weighted by molar-refractivity contribution is 0.174. The molecule has 3 rings (SSSR count). The molecule has 0 spiro atoms. The first-order valence-electron chi connectivity index (χ1n) is 6.36. The molecular weight excluding hydrogens is 244 g/mol. The molecule has 0 aromatic heterocycles. The molecule has 6 heteroatoms. The minimum atomic E-state index is 0.305. The van der Waals surface area contributed by atoms with E-state index in [1.54, 1.807) is 0 Å². The van der Waals surface area contributed by atoms with Crippen molar-refractivity contribution in [3.63, 3.8) is 0 Å². The van der Waals surface area contributed by atoms with Crippen LogP contribution in [0.5, 0.6) is 11.5 Å². The number of nitrogens with one attached hydrogen (secondary N) is 2. The van der Waals surface area contributed by atoms with Crippen LogP contribution < -0.4 is 20.2 Å². The lowest BCUT2D eigenvalue weighted by Crippen LogP contribution is -2.38. The van der Waals surface area contributed by atoms with E-state index in [9.17, 15) is 0 Å². The Balaban J connectivity index is 1.53. The largest absolute Gasteiger partial charge is 0.454 e. The molecular formula is C13H16N4O2. The maximum absolute atomic E-state index is 5.33. The summed E-state index contributed by atoms with van der Waals surface area (Å²) in [6.45, 7) is 2.11. The Labute approximate surface area is 111 Å². The third kappa shape index (κ3) is 2.96. The van der Waals surface area contributed by atoms with E-state index in [0.29, 0.717) is 6.79 Å². The second-order valence-electron chi connectivity index (χ2n) is 4.33. The molecule has 2 N–H and O–H groups in total. The summed E-state index contributed by atoms with van der Waals surface area (Å²) in [6, 6.07) is 5.91. The fraction of sp³-hybridized carbons (Fsp3) is 0.385.